The van der Waals surface area contributed by atoms with Gasteiger partial charge >= 0.3 is 0 Å². The second-order valence-electron chi connectivity index (χ2n) is 2.30. The Morgan fingerprint density at radius 1 is 1.62 bits per heavy atom. The molecule has 0 aromatic carbocycles. The molecule has 0 bridgehead atoms. The molecule has 0 aliphatic carbocycles. The molecule has 7 heteroatoms. The number of fused-ring (bicyclic) bond motifs is 1. The quantitative estimate of drug-likeness (QED) is 0.656. The molecule has 0 spiro atoms. The van der Waals surface area contributed by atoms with Gasteiger partial charge in [-0.3, -0.25) is 4.79 Å². The third kappa shape index (κ3) is 1.31. The summed E-state index contributed by atoms with van der Waals surface area (Å²) in [7, 11) is 1.56. The first kappa shape index (κ1) is 8.27. The molecular formula is C6H6N4O2S. The number of carbonyl (C=O) groups is 1. The molecule has 2 heterocycles. The van der Waals surface area contributed by atoms with Gasteiger partial charge in [-0.25, -0.2) is 0 Å². The zero-order valence-corrected chi connectivity index (χ0v) is 7.61. The zero-order chi connectivity index (χ0) is 9.26. The number of methoxy groups -OCH3 is 1. The lowest BCUT2D eigenvalue weighted by Gasteiger charge is -1.91. The Balaban J connectivity index is 2.51. The number of nitrogens with zero attached hydrogens (tertiary/aromatic N) is 4. The molecule has 0 aliphatic rings. The molecule has 2 rings (SSSR count). The molecule has 0 amide bonds. The summed E-state index contributed by atoms with van der Waals surface area (Å²) in [5.41, 5.74) is 0. The van der Waals surface area contributed by atoms with Crippen molar-refractivity contribution in [2.75, 3.05) is 7.11 Å². The Morgan fingerprint density at radius 3 is 3.15 bits per heavy atom. The highest BCUT2D eigenvalue weighted by Crippen LogP contribution is 2.12. The first-order valence-corrected chi connectivity index (χ1v) is 4.32. The molecule has 0 unspecified atom stereocenters. The second kappa shape index (κ2) is 3.19. The first-order valence-electron chi connectivity index (χ1n) is 3.50. The minimum atomic E-state index is 0.337. The molecule has 0 radical (unpaired) electrons. The Morgan fingerprint density at radius 2 is 2.46 bits per heavy atom. The highest BCUT2D eigenvalue weighted by Gasteiger charge is 2.10. The van der Waals surface area contributed by atoms with Crippen LogP contribution in [0, 0.1) is 0 Å². The normalized spacial score (nSPS) is 10.8. The van der Waals surface area contributed by atoms with Crippen LogP contribution in [0.3, 0.4) is 0 Å². The molecule has 2 aromatic heterocycles. The fourth-order valence-corrected chi connectivity index (χ4v) is 1.61. The van der Waals surface area contributed by atoms with E-state index in [0.29, 0.717) is 28.7 Å². The monoisotopic (exact) mass is 198 g/mol. The molecule has 0 saturated heterocycles. The Kier molecular flexibility index (Phi) is 2.03. The second-order valence-corrected chi connectivity index (χ2v) is 3.29. The van der Waals surface area contributed by atoms with Crippen molar-refractivity contribution < 1.29 is 9.53 Å². The first-order chi connectivity index (χ1) is 6.35. The van der Waals surface area contributed by atoms with E-state index < -0.39 is 0 Å². The molecule has 0 fully saturated rings. The molecule has 0 saturated carbocycles. The summed E-state index contributed by atoms with van der Waals surface area (Å²) in [4.78, 5) is 11.0. The average molecular weight is 198 g/mol. The molecular weight excluding hydrogens is 192 g/mol. The van der Waals surface area contributed by atoms with Crippen LogP contribution in [0.1, 0.15) is 15.6 Å². The minimum Gasteiger partial charge on any atom is -0.377 e. The molecule has 6 nitrogen and oxygen atoms in total. The Hall–Kier alpha value is -1.34. The summed E-state index contributed by atoms with van der Waals surface area (Å²) < 4.78 is 6.40. The van der Waals surface area contributed by atoms with Gasteiger partial charge < -0.3 is 4.74 Å². The van der Waals surface area contributed by atoms with Gasteiger partial charge in [0.2, 0.25) is 4.96 Å². The van der Waals surface area contributed by atoms with Crippen LogP contribution >= 0.6 is 11.3 Å². The van der Waals surface area contributed by atoms with E-state index in [1.54, 1.807) is 7.11 Å². The van der Waals surface area contributed by atoms with Crippen molar-refractivity contribution in [3.63, 3.8) is 0 Å². The topological polar surface area (TPSA) is 69.4 Å². The van der Waals surface area contributed by atoms with Gasteiger partial charge in [-0.2, -0.15) is 4.52 Å². The van der Waals surface area contributed by atoms with E-state index in [0.717, 1.165) is 0 Å². The van der Waals surface area contributed by atoms with Crippen molar-refractivity contribution >= 4 is 22.6 Å². The highest BCUT2D eigenvalue weighted by molar-refractivity contribution is 7.18. The van der Waals surface area contributed by atoms with Crippen LogP contribution in [0.15, 0.2) is 0 Å². The lowest BCUT2D eigenvalue weighted by molar-refractivity contribution is 0.112. The number of hydrogen-bond acceptors (Lipinski definition) is 6. The predicted octanol–water partition coefficient (Wildman–Crippen LogP) is 0.145. The molecule has 0 atom stereocenters. The zero-order valence-electron chi connectivity index (χ0n) is 6.80. The van der Waals surface area contributed by atoms with E-state index in [2.05, 4.69) is 15.3 Å². The van der Waals surface area contributed by atoms with Crippen LogP contribution < -0.4 is 0 Å². The SMILES string of the molecule is COCc1nnc2sc(C=O)nn12. The largest absolute Gasteiger partial charge is 0.377 e. The van der Waals surface area contributed by atoms with E-state index in [1.807, 2.05) is 0 Å². The molecule has 2 aromatic rings. The standard InChI is InChI=1S/C6H6N4O2S/c1-12-3-4-7-8-6-10(4)9-5(2-11)13-6/h2H,3H2,1H3. The van der Waals surface area contributed by atoms with Gasteiger partial charge in [-0.15, -0.1) is 15.3 Å². The lowest BCUT2D eigenvalue weighted by Crippen LogP contribution is -1.97. The summed E-state index contributed by atoms with van der Waals surface area (Å²) in [5.74, 6) is 0.599. The van der Waals surface area contributed by atoms with Gasteiger partial charge in [0.25, 0.3) is 0 Å². The van der Waals surface area contributed by atoms with Crippen LogP contribution in [-0.4, -0.2) is 33.2 Å². The number of carbonyl (C=O) groups excluding carboxylic acids is 1. The van der Waals surface area contributed by atoms with Crippen molar-refractivity contribution in [3.8, 4) is 0 Å². The van der Waals surface area contributed by atoms with Crippen LogP contribution in [-0.2, 0) is 11.3 Å². The van der Waals surface area contributed by atoms with Gasteiger partial charge in [0, 0.05) is 7.11 Å². The van der Waals surface area contributed by atoms with Crippen LogP contribution in [0.5, 0.6) is 0 Å². The number of aldehydes is 1. The van der Waals surface area contributed by atoms with Crippen molar-refractivity contribution in [1.82, 2.24) is 19.8 Å². The van der Waals surface area contributed by atoms with Crippen LogP contribution in [0.4, 0.5) is 0 Å². The van der Waals surface area contributed by atoms with Crippen molar-refractivity contribution in [2.24, 2.45) is 0 Å². The Labute approximate surface area is 77.2 Å². The van der Waals surface area contributed by atoms with E-state index in [4.69, 9.17) is 4.74 Å². The maximum absolute atomic E-state index is 10.4. The van der Waals surface area contributed by atoms with E-state index >= 15 is 0 Å². The van der Waals surface area contributed by atoms with Gasteiger partial charge in [0.05, 0.1) is 0 Å². The van der Waals surface area contributed by atoms with Gasteiger partial charge in [0.15, 0.2) is 17.1 Å². The van der Waals surface area contributed by atoms with E-state index in [1.165, 1.54) is 15.9 Å². The fourth-order valence-electron chi connectivity index (χ4n) is 0.939. The highest BCUT2D eigenvalue weighted by atomic mass is 32.1. The van der Waals surface area contributed by atoms with Crippen molar-refractivity contribution in [3.05, 3.63) is 10.8 Å². The number of ether oxygens (including phenoxy) is 1. The minimum absolute atomic E-state index is 0.337. The molecule has 13 heavy (non-hydrogen) atoms. The van der Waals surface area contributed by atoms with Crippen LogP contribution in [0.25, 0.3) is 4.96 Å². The van der Waals surface area contributed by atoms with Gasteiger partial charge in [-0.05, 0) is 0 Å². The van der Waals surface area contributed by atoms with E-state index in [9.17, 15) is 4.79 Å². The van der Waals surface area contributed by atoms with Crippen LogP contribution in [0.2, 0.25) is 0 Å². The molecule has 0 aliphatic heterocycles. The van der Waals surface area contributed by atoms with Gasteiger partial charge in [-0.1, -0.05) is 11.3 Å². The van der Waals surface area contributed by atoms with E-state index in [-0.39, 0.29) is 0 Å². The van der Waals surface area contributed by atoms with Crippen molar-refractivity contribution in [1.29, 1.82) is 0 Å². The third-order valence-electron chi connectivity index (χ3n) is 1.45. The number of hydrogen-bond donors (Lipinski definition) is 0. The fraction of sp³-hybridized carbons (Fsp3) is 0.333. The maximum atomic E-state index is 10.4. The summed E-state index contributed by atoms with van der Waals surface area (Å²) in [6.07, 6.45) is 0.690. The Bertz CT molecular complexity index is 435. The summed E-state index contributed by atoms with van der Waals surface area (Å²) in [5, 5.41) is 12.0. The third-order valence-corrected chi connectivity index (χ3v) is 2.27. The maximum Gasteiger partial charge on any atom is 0.235 e. The predicted molar refractivity (Wildman–Crippen MR) is 44.8 cm³/mol. The summed E-state index contributed by atoms with van der Waals surface area (Å²) in [6, 6.07) is 0. The smallest absolute Gasteiger partial charge is 0.235 e. The lowest BCUT2D eigenvalue weighted by atomic mass is 10.7. The summed E-state index contributed by atoms with van der Waals surface area (Å²) in [6.45, 7) is 0.337. The average Bonchev–Trinajstić information content (AvgIpc) is 2.67. The van der Waals surface area contributed by atoms with Crippen molar-refractivity contribution in [2.45, 2.75) is 6.61 Å². The number of rotatable bonds is 3. The molecule has 68 valence electrons. The molecule has 0 N–H and O–H groups in total. The number of aromatic nitrogens is 4. The van der Waals surface area contributed by atoms with Gasteiger partial charge in [0.1, 0.15) is 6.61 Å². The summed E-state index contributed by atoms with van der Waals surface area (Å²) >= 11 is 1.20.